The van der Waals surface area contributed by atoms with Gasteiger partial charge in [-0.25, -0.2) is 15.0 Å². The lowest BCUT2D eigenvalue weighted by molar-refractivity contribution is 0.933. The fourth-order valence-corrected chi connectivity index (χ4v) is 1.49. The highest BCUT2D eigenvalue weighted by Crippen LogP contribution is 2.13. The summed E-state index contributed by atoms with van der Waals surface area (Å²) < 4.78 is 1.96. The summed E-state index contributed by atoms with van der Waals surface area (Å²) in [4.78, 5) is 12.6. The van der Waals surface area contributed by atoms with Crippen LogP contribution in [0.4, 0.5) is 5.82 Å². The third-order valence-electron chi connectivity index (χ3n) is 2.51. The number of aromatic nitrogens is 4. The molecule has 84 valence electrons. The zero-order chi connectivity index (χ0) is 11.5. The Kier molecular flexibility index (Phi) is 2.85. The van der Waals surface area contributed by atoms with Crippen LogP contribution in [0.5, 0.6) is 0 Å². The summed E-state index contributed by atoms with van der Waals surface area (Å²) >= 11 is 0. The maximum atomic E-state index is 4.25. The van der Waals surface area contributed by atoms with Crippen molar-refractivity contribution in [3.8, 4) is 5.82 Å². The van der Waals surface area contributed by atoms with E-state index < -0.39 is 0 Å². The van der Waals surface area contributed by atoms with E-state index in [1.807, 2.05) is 31.4 Å². The first kappa shape index (κ1) is 10.6. The van der Waals surface area contributed by atoms with Gasteiger partial charge in [-0.2, -0.15) is 0 Å². The average Bonchev–Trinajstić information content (AvgIpc) is 2.61. The summed E-state index contributed by atoms with van der Waals surface area (Å²) in [5.74, 6) is 1.67. The van der Waals surface area contributed by atoms with Gasteiger partial charge in [-0.15, -0.1) is 0 Å². The third kappa shape index (κ3) is 1.88. The van der Waals surface area contributed by atoms with E-state index in [-0.39, 0.29) is 0 Å². The molecule has 0 fully saturated rings. The minimum atomic E-state index is 0.832. The first-order chi connectivity index (χ1) is 7.72. The highest BCUT2D eigenvalue weighted by atomic mass is 15.1. The molecule has 2 rings (SSSR count). The first-order valence-corrected chi connectivity index (χ1v) is 5.29. The van der Waals surface area contributed by atoms with Gasteiger partial charge < -0.3 is 5.32 Å². The molecule has 16 heavy (non-hydrogen) atoms. The van der Waals surface area contributed by atoms with Crippen LogP contribution in [0.2, 0.25) is 0 Å². The van der Waals surface area contributed by atoms with Crippen LogP contribution in [-0.4, -0.2) is 26.1 Å². The minimum absolute atomic E-state index is 0.832. The fraction of sp³-hybridized carbons (Fsp3) is 0.364. The van der Waals surface area contributed by atoms with Gasteiger partial charge in [0.2, 0.25) is 0 Å². The molecule has 2 aromatic rings. The van der Waals surface area contributed by atoms with Gasteiger partial charge in [-0.1, -0.05) is 0 Å². The molecule has 0 spiro atoms. The molecule has 2 heterocycles. The molecule has 0 aromatic carbocycles. The van der Waals surface area contributed by atoms with E-state index in [2.05, 4.69) is 20.3 Å². The highest BCUT2D eigenvalue weighted by molar-refractivity contribution is 5.41. The number of hydrogen-bond donors (Lipinski definition) is 1. The largest absolute Gasteiger partial charge is 0.370 e. The monoisotopic (exact) mass is 217 g/mol. The zero-order valence-electron chi connectivity index (χ0n) is 9.73. The fourth-order valence-electron chi connectivity index (χ4n) is 1.49. The summed E-state index contributed by atoms with van der Waals surface area (Å²) in [6, 6.07) is 1.91. The van der Waals surface area contributed by atoms with Crippen molar-refractivity contribution in [2.75, 3.05) is 11.9 Å². The Morgan fingerprint density at radius 2 is 2.06 bits per heavy atom. The van der Waals surface area contributed by atoms with E-state index in [9.17, 15) is 0 Å². The summed E-state index contributed by atoms with van der Waals surface area (Å²) in [5, 5.41) is 3.16. The Labute approximate surface area is 94.6 Å². The van der Waals surface area contributed by atoms with E-state index >= 15 is 0 Å². The topological polar surface area (TPSA) is 55.6 Å². The molecule has 0 aliphatic heterocycles. The number of nitrogens with one attached hydrogen (secondary N) is 1. The van der Waals surface area contributed by atoms with Crippen molar-refractivity contribution in [2.24, 2.45) is 0 Å². The molecule has 5 nitrogen and oxygen atoms in total. The van der Waals surface area contributed by atoms with Gasteiger partial charge in [-0.3, -0.25) is 4.57 Å². The number of imidazole rings is 1. The van der Waals surface area contributed by atoms with Crippen LogP contribution in [0, 0.1) is 13.8 Å². The molecule has 0 amide bonds. The maximum absolute atomic E-state index is 4.25. The minimum Gasteiger partial charge on any atom is -0.370 e. The van der Waals surface area contributed by atoms with Crippen molar-refractivity contribution in [1.29, 1.82) is 0 Å². The Bertz CT molecular complexity index is 489. The van der Waals surface area contributed by atoms with Crippen LogP contribution in [0.25, 0.3) is 5.82 Å². The number of rotatable bonds is 3. The average molecular weight is 217 g/mol. The highest BCUT2D eigenvalue weighted by Gasteiger charge is 2.06. The van der Waals surface area contributed by atoms with Crippen molar-refractivity contribution < 1.29 is 0 Å². The van der Waals surface area contributed by atoms with Crippen LogP contribution >= 0.6 is 0 Å². The molecule has 0 unspecified atom stereocenters. The molecule has 0 aliphatic carbocycles. The van der Waals surface area contributed by atoms with Crippen molar-refractivity contribution >= 4 is 5.82 Å². The lowest BCUT2D eigenvalue weighted by Crippen LogP contribution is -2.04. The smallest absolute Gasteiger partial charge is 0.143 e. The Balaban J connectivity index is 2.40. The van der Waals surface area contributed by atoms with Crippen molar-refractivity contribution in [2.45, 2.75) is 20.8 Å². The van der Waals surface area contributed by atoms with Gasteiger partial charge in [-0.05, 0) is 20.8 Å². The summed E-state index contributed by atoms with van der Waals surface area (Å²) in [6.07, 6.45) is 3.34. The van der Waals surface area contributed by atoms with Gasteiger partial charge in [0.15, 0.2) is 0 Å². The Morgan fingerprint density at radius 1 is 1.25 bits per heavy atom. The van der Waals surface area contributed by atoms with Crippen LogP contribution in [-0.2, 0) is 0 Å². The normalized spacial score (nSPS) is 10.4. The number of hydrogen-bond acceptors (Lipinski definition) is 4. The molecule has 0 aliphatic rings. The van der Waals surface area contributed by atoms with Gasteiger partial charge in [0.25, 0.3) is 0 Å². The first-order valence-electron chi connectivity index (χ1n) is 5.29. The third-order valence-corrected chi connectivity index (χ3v) is 2.51. The van der Waals surface area contributed by atoms with E-state index in [0.29, 0.717) is 0 Å². The summed E-state index contributed by atoms with van der Waals surface area (Å²) in [5.41, 5.74) is 2.12. The van der Waals surface area contributed by atoms with Crippen molar-refractivity contribution in [3.63, 3.8) is 0 Å². The van der Waals surface area contributed by atoms with E-state index in [1.165, 1.54) is 0 Å². The second-order valence-corrected chi connectivity index (χ2v) is 3.58. The van der Waals surface area contributed by atoms with Crippen LogP contribution < -0.4 is 5.32 Å². The zero-order valence-corrected chi connectivity index (χ0v) is 9.73. The van der Waals surface area contributed by atoms with Crippen LogP contribution in [0.15, 0.2) is 18.7 Å². The molecular weight excluding hydrogens is 202 g/mol. The Morgan fingerprint density at radius 3 is 2.69 bits per heavy atom. The molecule has 5 heteroatoms. The Hall–Kier alpha value is -1.91. The lowest BCUT2D eigenvalue weighted by atomic mass is 10.4. The van der Waals surface area contributed by atoms with Crippen LogP contribution in [0.3, 0.4) is 0 Å². The second-order valence-electron chi connectivity index (χ2n) is 3.58. The maximum Gasteiger partial charge on any atom is 0.143 e. The van der Waals surface area contributed by atoms with E-state index in [1.54, 1.807) is 12.7 Å². The molecule has 0 atom stereocenters. The molecular formula is C11H15N5. The molecule has 1 N–H and O–H groups in total. The van der Waals surface area contributed by atoms with Crippen molar-refractivity contribution in [1.82, 2.24) is 19.5 Å². The molecule has 0 bridgehead atoms. The quantitative estimate of drug-likeness (QED) is 0.850. The summed E-state index contributed by atoms with van der Waals surface area (Å²) in [6.45, 7) is 6.89. The van der Waals surface area contributed by atoms with Gasteiger partial charge in [0.1, 0.15) is 24.3 Å². The number of nitrogens with zero attached hydrogens (tertiary/aromatic N) is 4. The molecule has 0 saturated heterocycles. The predicted octanol–water partition coefficient (Wildman–Crippen LogP) is 1.71. The summed E-state index contributed by atoms with van der Waals surface area (Å²) in [7, 11) is 0. The van der Waals surface area contributed by atoms with Gasteiger partial charge in [0.05, 0.1) is 5.69 Å². The standard InChI is InChI=1S/C11H15N5/c1-4-12-10-5-11(14-6-13-10)16-7-15-8(2)9(16)3/h5-7H,4H2,1-3H3,(H,12,13,14). The molecule has 0 radical (unpaired) electrons. The van der Waals surface area contributed by atoms with Crippen LogP contribution in [0.1, 0.15) is 18.3 Å². The van der Waals surface area contributed by atoms with Gasteiger partial charge in [0, 0.05) is 18.3 Å². The van der Waals surface area contributed by atoms with E-state index in [0.717, 1.165) is 29.6 Å². The predicted molar refractivity (Wildman–Crippen MR) is 62.8 cm³/mol. The number of aryl methyl sites for hydroxylation is 1. The number of anilines is 1. The second kappa shape index (κ2) is 4.30. The van der Waals surface area contributed by atoms with Gasteiger partial charge >= 0.3 is 0 Å². The lowest BCUT2D eigenvalue weighted by Gasteiger charge is -2.06. The van der Waals surface area contributed by atoms with E-state index in [4.69, 9.17) is 0 Å². The molecule has 0 saturated carbocycles. The molecule has 2 aromatic heterocycles. The van der Waals surface area contributed by atoms with Crippen molar-refractivity contribution in [3.05, 3.63) is 30.1 Å². The SMILES string of the molecule is CCNc1cc(-n2cnc(C)c2C)ncn1.